The fraction of sp³-hybridized carbons (Fsp3) is 0.350. The molecule has 0 atom stereocenters. The van der Waals surface area contributed by atoms with Crippen molar-refractivity contribution in [3.8, 4) is 5.75 Å². The van der Waals surface area contributed by atoms with E-state index in [4.69, 9.17) is 22.1 Å². The summed E-state index contributed by atoms with van der Waals surface area (Å²) in [7, 11) is 1.51. The highest BCUT2D eigenvalue weighted by atomic mass is 35.5. The Labute approximate surface area is 163 Å². The van der Waals surface area contributed by atoms with Gasteiger partial charge in [0.2, 0.25) is 0 Å². The molecule has 1 aliphatic heterocycles. The van der Waals surface area contributed by atoms with Crippen molar-refractivity contribution in [2.24, 2.45) is 0 Å². The Morgan fingerprint density at radius 3 is 2.63 bits per heavy atom. The minimum atomic E-state index is -0.234. The number of carbonyl (C=O) groups is 1. The summed E-state index contributed by atoms with van der Waals surface area (Å²) in [5.74, 6) is 0.0780. The zero-order valence-corrected chi connectivity index (χ0v) is 16.0. The number of anilines is 1. The fourth-order valence-electron chi connectivity index (χ4n) is 3.26. The third kappa shape index (κ3) is 4.70. The second kappa shape index (κ2) is 8.59. The van der Waals surface area contributed by atoms with Crippen molar-refractivity contribution in [3.05, 3.63) is 58.4 Å². The van der Waals surface area contributed by atoms with E-state index >= 15 is 0 Å². The van der Waals surface area contributed by atoms with E-state index in [0.29, 0.717) is 35.1 Å². The van der Waals surface area contributed by atoms with Gasteiger partial charge in [0.25, 0.3) is 5.91 Å². The van der Waals surface area contributed by atoms with Gasteiger partial charge >= 0.3 is 0 Å². The molecule has 5 nitrogen and oxygen atoms in total. The van der Waals surface area contributed by atoms with Crippen LogP contribution in [0.3, 0.4) is 0 Å². The topological polar surface area (TPSA) is 58.8 Å². The molecule has 2 aromatic rings. The summed E-state index contributed by atoms with van der Waals surface area (Å²) < 4.78 is 18.4. The monoisotopic (exact) mass is 391 g/mol. The third-order valence-electron chi connectivity index (χ3n) is 4.74. The van der Waals surface area contributed by atoms with E-state index in [9.17, 15) is 9.18 Å². The standard InChI is InChI=1S/C20H23ClFN3O2/c1-27-19-12-18(23)17(21)11-16(19)20(26)25-8-2-7-24(9-10-25)13-14-3-5-15(22)6-4-14/h3-6,11-12H,2,7-10,13,23H2,1H3. The highest BCUT2D eigenvalue weighted by molar-refractivity contribution is 6.33. The van der Waals surface area contributed by atoms with E-state index in [1.54, 1.807) is 24.3 Å². The molecule has 1 saturated heterocycles. The average molecular weight is 392 g/mol. The van der Waals surface area contributed by atoms with Gasteiger partial charge in [-0.1, -0.05) is 23.7 Å². The van der Waals surface area contributed by atoms with E-state index in [1.165, 1.54) is 19.2 Å². The second-order valence-corrected chi connectivity index (χ2v) is 7.03. The SMILES string of the molecule is COc1cc(N)c(Cl)cc1C(=O)N1CCCN(Cc2ccc(F)cc2)CC1. The van der Waals surface area contributed by atoms with Crippen molar-refractivity contribution < 1.29 is 13.9 Å². The van der Waals surface area contributed by atoms with Crippen LogP contribution in [0.4, 0.5) is 10.1 Å². The van der Waals surface area contributed by atoms with Gasteiger partial charge in [-0.25, -0.2) is 4.39 Å². The van der Waals surface area contributed by atoms with Gasteiger partial charge in [-0.2, -0.15) is 0 Å². The quantitative estimate of drug-likeness (QED) is 0.811. The second-order valence-electron chi connectivity index (χ2n) is 6.62. The molecular formula is C20H23ClFN3O2. The Morgan fingerprint density at radius 1 is 1.19 bits per heavy atom. The molecule has 0 unspecified atom stereocenters. The highest BCUT2D eigenvalue weighted by Gasteiger charge is 2.23. The van der Waals surface area contributed by atoms with Gasteiger partial charge < -0.3 is 15.4 Å². The number of hydrogen-bond donors (Lipinski definition) is 1. The van der Waals surface area contributed by atoms with Crippen LogP contribution in [0.1, 0.15) is 22.3 Å². The van der Waals surface area contributed by atoms with Crippen LogP contribution in [0.5, 0.6) is 5.75 Å². The molecular weight excluding hydrogens is 369 g/mol. The molecule has 1 amide bonds. The van der Waals surface area contributed by atoms with Crippen molar-refractivity contribution in [2.75, 3.05) is 39.0 Å². The Morgan fingerprint density at radius 2 is 1.93 bits per heavy atom. The normalized spacial score (nSPS) is 15.4. The lowest BCUT2D eigenvalue weighted by atomic mass is 10.1. The first-order valence-corrected chi connectivity index (χ1v) is 9.25. The number of halogens is 2. The number of amides is 1. The van der Waals surface area contributed by atoms with E-state index in [0.717, 1.165) is 31.6 Å². The maximum Gasteiger partial charge on any atom is 0.257 e. The van der Waals surface area contributed by atoms with Crippen LogP contribution in [0.25, 0.3) is 0 Å². The summed E-state index contributed by atoms with van der Waals surface area (Å²) in [5.41, 5.74) is 7.66. The van der Waals surface area contributed by atoms with Crippen LogP contribution in [0, 0.1) is 5.82 Å². The predicted octanol–water partition coefficient (Wildman–Crippen LogP) is 3.42. The Balaban J connectivity index is 1.68. The maximum atomic E-state index is 13.1. The van der Waals surface area contributed by atoms with Gasteiger partial charge in [0.15, 0.2) is 0 Å². The van der Waals surface area contributed by atoms with Crippen LogP contribution in [-0.4, -0.2) is 49.0 Å². The molecule has 27 heavy (non-hydrogen) atoms. The Kier molecular flexibility index (Phi) is 6.19. The van der Waals surface area contributed by atoms with Crippen LogP contribution in [0.2, 0.25) is 5.02 Å². The zero-order chi connectivity index (χ0) is 19.4. The largest absolute Gasteiger partial charge is 0.496 e. The van der Waals surface area contributed by atoms with Crippen molar-refractivity contribution >= 4 is 23.2 Å². The Hall–Kier alpha value is -2.31. The predicted molar refractivity (Wildman–Crippen MR) is 105 cm³/mol. The molecule has 1 fully saturated rings. The fourth-order valence-corrected chi connectivity index (χ4v) is 3.42. The number of benzene rings is 2. The van der Waals surface area contributed by atoms with Gasteiger partial charge in [0.05, 0.1) is 23.4 Å². The number of rotatable bonds is 4. The zero-order valence-electron chi connectivity index (χ0n) is 15.3. The number of carbonyl (C=O) groups excluding carboxylic acids is 1. The molecule has 3 rings (SSSR count). The number of methoxy groups -OCH3 is 1. The number of nitrogen functional groups attached to an aromatic ring is 1. The minimum Gasteiger partial charge on any atom is -0.496 e. The molecule has 0 aromatic heterocycles. The first-order chi connectivity index (χ1) is 13.0. The van der Waals surface area contributed by atoms with Crippen molar-refractivity contribution in [1.82, 2.24) is 9.80 Å². The molecule has 0 saturated carbocycles. The molecule has 0 spiro atoms. The number of hydrogen-bond acceptors (Lipinski definition) is 4. The van der Waals surface area contributed by atoms with Gasteiger partial charge in [0, 0.05) is 38.8 Å². The highest BCUT2D eigenvalue weighted by Crippen LogP contribution is 2.30. The minimum absolute atomic E-state index is 0.114. The molecule has 1 aliphatic rings. The molecule has 7 heteroatoms. The molecule has 0 radical (unpaired) electrons. The van der Waals surface area contributed by atoms with E-state index in [1.807, 2.05) is 4.90 Å². The summed E-state index contributed by atoms with van der Waals surface area (Å²) in [4.78, 5) is 17.1. The van der Waals surface area contributed by atoms with Crippen LogP contribution in [-0.2, 0) is 6.54 Å². The number of ether oxygens (including phenoxy) is 1. The molecule has 0 bridgehead atoms. The van der Waals surface area contributed by atoms with E-state index in [-0.39, 0.29) is 11.7 Å². The summed E-state index contributed by atoms with van der Waals surface area (Å²) in [6.45, 7) is 3.61. The van der Waals surface area contributed by atoms with E-state index in [2.05, 4.69) is 4.90 Å². The first-order valence-electron chi connectivity index (χ1n) is 8.87. The van der Waals surface area contributed by atoms with Crippen molar-refractivity contribution in [1.29, 1.82) is 0 Å². The van der Waals surface area contributed by atoms with Crippen LogP contribution >= 0.6 is 11.6 Å². The summed E-state index contributed by atoms with van der Waals surface area (Å²) in [5, 5.41) is 0.340. The molecule has 144 valence electrons. The summed E-state index contributed by atoms with van der Waals surface area (Å²) in [6.07, 6.45) is 0.859. The smallest absolute Gasteiger partial charge is 0.257 e. The third-order valence-corrected chi connectivity index (χ3v) is 5.07. The molecule has 2 N–H and O–H groups in total. The van der Waals surface area contributed by atoms with Gasteiger partial charge in [-0.3, -0.25) is 9.69 Å². The van der Waals surface area contributed by atoms with Crippen LogP contribution < -0.4 is 10.5 Å². The molecule has 0 aliphatic carbocycles. The summed E-state index contributed by atoms with van der Waals surface area (Å²) >= 11 is 6.10. The lowest BCUT2D eigenvalue weighted by Crippen LogP contribution is -2.35. The van der Waals surface area contributed by atoms with Crippen LogP contribution in [0.15, 0.2) is 36.4 Å². The van der Waals surface area contributed by atoms with Crippen molar-refractivity contribution in [2.45, 2.75) is 13.0 Å². The lowest BCUT2D eigenvalue weighted by Gasteiger charge is -2.23. The number of nitrogens with zero attached hydrogens (tertiary/aromatic N) is 2. The van der Waals surface area contributed by atoms with Gasteiger partial charge in [-0.15, -0.1) is 0 Å². The first kappa shape index (κ1) is 19.5. The number of nitrogens with two attached hydrogens (primary N) is 1. The van der Waals surface area contributed by atoms with E-state index < -0.39 is 0 Å². The lowest BCUT2D eigenvalue weighted by molar-refractivity contribution is 0.0758. The van der Waals surface area contributed by atoms with Crippen molar-refractivity contribution in [3.63, 3.8) is 0 Å². The Bertz CT molecular complexity index is 814. The summed E-state index contributed by atoms with van der Waals surface area (Å²) in [6, 6.07) is 9.68. The average Bonchev–Trinajstić information content (AvgIpc) is 2.90. The molecule has 1 heterocycles. The van der Waals surface area contributed by atoms with Gasteiger partial charge in [0.1, 0.15) is 11.6 Å². The van der Waals surface area contributed by atoms with Gasteiger partial charge in [-0.05, 0) is 30.2 Å². The maximum absolute atomic E-state index is 13.1. The molecule has 2 aromatic carbocycles.